The lowest BCUT2D eigenvalue weighted by molar-refractivity contribution is 0.360. The Bertz CT molecular complexity index is 1220. The van der Waals surface area contributed by atoms with Crippen molar-refractivity contribution >= 4 is 22.5 Å². The molecule has 0 bridgehead atoms. The van der Waals surface area contributed by atoms with Crippen LogP contribution in [0.1, 0.15) is 32.3 Å². The number of likely N-dealkylation sites (N-methyl/N-ethyl adjacent to an activating group) is 1. The van der Waals surface area contributed by atoms with Crippen LogP contribution in [0.3, 0.4) is 0 Å². The second kappa shape index (κ2) is 8.43. The number of hydrogen-bond acceptors (Lipinski definition) is 6. The monoisotopic (exact) mass is 430 g/mol. The maximum atomic E-state index is 13.1. The number of allylic oxidation sites excluding steroid dienone is 5. The van der Waals surface area contributed by atoms with Gasteiger partial charge in [0, 0.05) is 43.1 Å². The highest BCUT2D eigenvalue weighted by atomic mass is 16.4. The lowest BCUT2D eigenvalue weighted by atomic mass is 9.93. The summed E-state index contributed by atoms with van der Waals surface area (Å²) in [6, 6.07) is 6.01. The van der Waals surface area contributed by atoms with Gasteiger partial charge in [-0.2, -0.15) is 4.98 Å². The molecule has 0 amide bonds. The van der Waals surface area contributed by atoms with Gasteiger partial charge in [0.05, 0.1) is 5.56 Å². The van der Waals surface area contributed by atoms with Crippen molar-refractivity contribution in [2.75, 3.05) is 38.1 Å². The zero-order chi connectivity index (χ0) is 22.2. The van der Waals surface area contributed by atoms with E-state index in [0.717, 1.165) is 61.5 Å². The van der Waals surface area contributed by atoms with Gasteiger partial charge in [-0.3, -0.25) is 0 Å². The molecule has 0 radical (unpaired) electrons. The highest BCUT2D eigenvalue weighted by molar-refractivity contribution is 5.80. The highest BCUT2D eigenvalue weighted by Gasteiger charge is 2.22. The maximum absolute atomic E-state index is 13.1. The predicted molar refractivity (Wildman–Crippen MR) is 129 cm³/mol. The molecule has 0 spiro atoms. The van der Waals surface area contributed by atoms with E-state index in [0.29, 0.717) is 11.3 Å². The Kier molecular flexibility index (Phi) is 5.47. The van der Waals surface area contributed by atoms with E-state index in [2.05, 4.69) is 66.2 Å². The standard InChI is InChI=1S/C26H30N4O2/c1-18-5-8-21-9-6-19(2)23(17-30(21)16-18)22-15-20-7-10-24(27-25(20)32-26(22)31)29-12-4-11-28(3)13-14-29/h5,7-10,15-17,19H,4,6,11-14H2,1-3H3. The van der Waals surface area contributed by atoms with Gasteiger partial charge in [0.2, 0.25) is 5.71 Å². The molecule has 0 aliphatic carbocycles. The van der Waals surface area contributed by atoms with E-state index >= 15 is 0 Å². The van der Waals surface area contributed by atoms with Crippen LogP contribution in [0.25, 0.3) is 16.7 Å². The molecule has 3 aliphatic heterocycles. The van der Waals surface area contributed by atoms with Crippen LogP contribution in [0.4, 0.5) is 5.82 Å². The van der Waals surface area contributed by atoms with E-state index in [4.69, 9.17) is 9.40 Å². The largest absolute Gasteiger partial charge is 0.403 e. The fourth-order valence-corrected chi connectivity index (χ4v) is 4.60. The molecule has 1 unspecified atom stereocenters. The van der Waals surface area contributed by atoms with Crippen molar-refractivity contribution in [1.29, 1.82) is 0 Å². The van der Waals surface area contributed by atoms with Crippen molar-refractivity contribution in [1.82, 2.24) is 14.8 Å². The lowest BCUT2D eigenvalue weighted by Crippen LogP contribution is -2.29. The van der Waals surface area contributed by atoms with Crippen molar-refractivity contribution < 1.29 is 4.42 Å². The minimum atomic E-state index is -0.326. The summed E-state index contributed by atoms with van der Waals surface area (Å²) in [6.07, 6.45) is 12.6. The third kappa shape index (κ3) is 4.02. The van der Waals surface area contributed by atoms with Crippen LogP contribution < -0.4 is 10.5 Å². The molecule has 2 aromatic heterocycles. The Labute approximate surface area is 188 Å². The van der Waals surface area contributed by atoms with Crippen LogP contribution >= 0.6 is 0 Å². The Balaban J connectivity index is 1.51. The summed E-state index contributed by atoms with van der Waals surface area (Å²) in [6.45, 7) is 8.21. The molecule has 5 heterocycles. The second-order valence-corrected chi connectivity index (χ2v) is 9.12. The summed E-state index contributed by atoms with van der Waals surface area (Å²) >= 11 is 0. The van der Waals surface area contributed by atoms with Crippen molar-refractivity contribution in [3.63, 3.8) is 0 Å². The molecule has 0 aromatic carbocycles. The van der Waals surface area contributed by atoms with Crippen molar-refractivity contribution in [2.24, 2.45) is 5.92 Å². The Morgan fingerprint density at radius 2 is 1.97 bits per heavy atom. The third-order valence-corrected chi connectivity index (χ3v) is 6.59. The van der Waals surface area contributed by atoms with E-state index < -0.39 is 0 Å². The smallest absolute Gasteiger partial charge is 0.345 e. The first-order valence-electron chi connectivity index (χ1n) is 11.4. The summed E-state index contributed by atoms with van der Waals surface area (Å²) in [4.78, 5) is 24.5. The summed E-state index contributed by atoms with van der Waals surface area (Å²) in [5.41, 5.74) is 4.00. The van der Waals surface area contributed by atoms with Crippen LogP contribution in [0.2, 0.25) is 0 Å². The fourth-order valence-electron chi connectivity index (χ4n) is 4.60. The minimum absolute atomic E-state index is 0.205. The molecular formula is C26H30N4O2. The lowest BCUT2D eigenvalue weighted by Gasteiger charge is -2.22. The number of aromatic nitrogens is 1. The average Bonchev–Trinajstić information content (AvgIpc) is 3.09. The zero-order valence-electron chi connectivity index (χ0n) is 19.0. The molecule has 0 saturated carbocycles. The van der Waals surface area contributed by atoms with E-state index in [9.17, 15) is 4.79 Å². The number of nitrogens with zero attached hydrogens (tertiary/aromatic N) is 4. The first-order valence-corrected chi connectivity index (χ1v) is 11.4. The zero-order valence-corrected chi connectivity index (χ0v) is 19.0. The van der Waals surface area contributed by atoms with Gasteiger partial charge in [0.15, 0.2) is 0 Å². The minimum Gasteiger partial charge on any atom is -0.403 e. The van der Waals surface area contributed by atoms with Gasteiger partial charge in [-0.15, -0.1) is 0 Å². The van der Waals surface area contributed by atoms with E-state index in [-0.39, 0.29) is 11.5 Å². The second-order valence-electron chi connectivity index (χ2n) is 9.12. The van der Waals surface area contributed by atoms with Gasteiger partial charge >= 0.3 is 5.63 Å². The maximum Gasteiger partial charge on any atom is 0.345 e. The number of fused-ring (bicyclic) bond motifs is 2. The molecule has 1 atom stereocenters. The molecule has 1 saturated heterocycles. The van der Waals surface area contributed by atoms with E-state index in [1.807, 2.05) is 18.2 Å². The van der Waals surface area contributed by atoms with E-state index in [1.54, 1.807) is 0 Å². The van der Waals surface area contributed by atoms with Crippen LogP contribution in [-0.4, -0.2) is 48.0 Å². The molecule has 5 rings (SSSR count). The molecule has 0 N–H and O–H groups in total. The topological polar surface area (TPSA) is 52.8 Å². The van der Waals surface area contributed by atoms with Crippen molar-refractivity contribution in [3.8, 4) is 0 Å². The highest BCUT2D eigenvalue weighted by Crippen LogP contribution is 2.33. The Hall–Kier alpha value is -3.12. The van der Waals surface area contributed by atoms with Gasteiger partial charge in [0.25, 0.3) is 0 Å². The summed E-state index contributed by atoms with van der Waals surface area (Å²) in [7, 11) is 2.15. The number of pyridine rings is 1. The molecule has 3 aliphatic rings. The Morgan fingerprint density at radius 3 is 2.84 bits per heavy atom. The molecule has 6 heteroatoms. The number of anilines is 1. The third-order valence-electron chi connectivity index (χ3n) is 6.59. The number of hydrogen-bond donors (Lipinski definition) is 0. The first kappa shape index (κ1) is 20.8. The summed E-state index contributed by atoms with van der Waals surface area (Å²) < 4.78 is 5.77. The molecule has 2 aromatic rings. The fraction of sp³-hybridized carbons (Fsp3) is 0.385. The van der Waals surface area contributed by atoms with Gasteiger partial charge in [-0.05, 0) is 74.7 Å². The van der Waals surface area contributed by atoms with Gasteiger partial charge < -0.3 is 19.1 Å². The molecule has 1 fully saturated rings. The van der Waals surface area contributed by atoms with Crippen LogP contribution in [-0.2, 0) is 0 Å². The quantitative estimate of drug-likeness (QED) is 0.705. The van der Waals surface area contributed by atoms with Gasteiger partial charge in [-0.25, -0.2) is 4.79 Å². The molecule has 6 nitrogen and oxygen atoms in total. The Morgan fingerprint density at radius 1 is 1.09 bits per heavy atom. The van der Waals surface area contributed by atoms with Crippen molar-refractivity contribution in [3.05, 3.63) is 76.1 Å². The summed E-state index contributed by atoms with van der Waals surface area (Å²) in [5, 5.41) is 0.853. The van der Waals surface area contributed by atoms with Crippen LogP contribution in [0.15, 0.2) is 69.3 Å². The molecule has 32 heavy (non-hydrogen) atoms. The number of rotatable bonds is 2. The SMILES string of the molecule is CC1=CN2C=C(c3cc4ccc(N5CCCN(C)CC5)nc4oc3=O)C(C)CC=C2C=C1. The van der Waals surface area contributed by atoms with Crippen LogP contribution in [0.5, 0.6) is 0 Å². The van der Waals surface area contributed by atoms with Gasteiger partial charge in [-0.1, -0.05) is 19.1 Å². The normalized spacial score (nSPS) is 22.1. The molecule has 166 valence electrons. The van der Waals surface area contributed by atoms with E-state index in [1.165, 1.54) is 5.57 Å². The summed E-state index contributed by atoms with van der Waals surface area (Å²) in [5.74, 6) is 1.08. The first-order chi connectivity index (χ1) is 15.5. The molecular weight excluding hydrogens is 400 g/mol. The van der Waals surface area contributed by atoms with Crippen LogP contribution in [0, 0.1) is 5.92 Å². The van der Waals surface area contributed by atoms with Gasteiger partial charge in [0.1, 0.15) is 5.82 Å². The average molecular weight is 431 g/mol. The predicted octanol–water partition coefficient (Wildman–Crippen LogP) is 4.37. The van der Waals surface area contributed by atoms with Crippen molar-refractivity contribution in [2.45, 2.75) is 26.7 Å².